The molecule has 1 spiro atoms. The molecule has 5 rings (SSSR count). The minimum Gasteiger partial charge on any atom is -0.507 e. The number of hydrogen-bond donors (Lipinski definition) is 3. The van der Waals surface area contributed by atoms with Crippen molar-refractivity contribution in [2.45, 2.75) is 31.3 Å². The van der Waals surface area contributed by atoms with Crippen LogP contribution in [-0.2, 0) is 14.3 Å². The lowest BCUT2D eigenvalue weighted by atomic mass is 9.69. The van der Waals surface area contributed by atoms with Crippen molar-refractivity contribution in [2.75, 3.05) is 47.4 Å². The Bertz CT molecular complexity index is 1490. The number of hydrogen-bond acceptors (Lipinski definition) is 11. The lowest BCUT2D eigenvalue weighted by Crippen LogP contribution is -2.53. The molecule has 3 atom stereocenters. The quantitative estimate of drug-likeness (QED) is 0.318. The SMILES string of the molecule is COc1cc(OC)c2c(c1Cl)OC1(C2=O)C(O)=C(C(CC(=O)NCCOCCO)c2ccc3c(c2)OCO3)C(=O)CC1C. The van der Waals surface area contributed by atoms with Crippen LogP contribution in [0.15, 0.2) is 35.6 Å². The van der Waals surface area contributed by atoms with Crippen LogP contribution in [0.4, 0.5) is 0 Å². The number of halogens is 1. The number of aliphatic hydroxyl groups is 2. The highest BCUT2D eigenvalue weighted by molar-refractivity contribution is 6.35. The summed E-state index contributed by atoms with van der Waals surface area (Å²) in [4.78, 5) is 41.0. The van der Waals surface area contributed by atoms with Gasteiger partial charge in [0.2, 0.25) is 24.1 Å². The second-order valence-electron chi connectivity index (χ2n) is 10.3. The van der Waals surface area contributed by atoms with Gasteiger partial charge in [-0.25, -0.2) is 0 Å². The largest absolute Gasteiger partial charge is 0.507 e. The third kappa shape index (κ3) is 5.23. The lowest BCUT2D eigenvalue weighted by molar-refractivity contribution is -0.122. The highest BCUT2D eigenvalue weighted by atomic mass is 35.5. The smallest absolute Gasteiger partial charge is 0.231 e. The lowest BCUT2D eigenvalue weighted by Gasteiger charge is -2.38. The molecule has 1 amide bonds. The van der Waals surface area contributed by atoms with E-state index in [-0.39, 0.29) is 79.4 Å². The van der Waals surface area contributed by atoms with Crippen molar-refractivity contribution in [2.24, 2.45) is 5.92 Å². The first-order valence-electron chi connectivity index (χ1n) is 13.7. The fourth-order valence-electron chi connectivity index (χ4n) is 5.74. The van der Waals surface area contributed by atoms with Gasteiger partial charge in [0.1, 0.15) is 22.1 Å². The summed E-state index contributed by atoms with van der Waals surface area (Å²) in [6.07, 6.45) is -0.415. The van der Waals surface area contributed by atoms with E-state index in [4.69, 9.17) is 45.1 Å². The van der Waals surface area contributed by atoms with Gasteiger partial charge >= 0.3 is 0 Å². The Labute approximate surface area is 252 Å². The van der Waals surface area contributed by atoms with Crippen LogP contribution in [0.1, 0.15) is 41.6 Å². The minimum absolute atomic E-state index is 0.0112. The molecule has 230 valence electrons. The summed E-state index contributed by atoms with van der Waals surface area (Å²) in [7, 11) is 2.77. The van der Waals surface area contributed by atoms with E-state index in [2.05, 4.69) is 5.32 Å². The molecule has 2 heterocycles. The Morgan fingerprint density at radius 3 is 2.60 bits per heavy atom. The maximum absolute atomic E-state index is 14.2. The molecular weight excluding hydrogens is 586 g/mol. The van der Waals surface area contributed by atoms with E-state index in [1.54, 1.807) is 25.1 Å². The van der Waals surface area contributed by atoms with Gasteiger partial charge < -0.3 is 44.0 Å². The van der Waals surface area contributed by atoms with Crippen LogP contribution in [-0.4, -0.2) is 80.7 Å². The van der Waals surface area contributed by atoms with Gasteiger partial charge in [-0.05, 0) is 17.7 Å². The Kier molecular flexibility index (Phi) is 8.72. The second kappa shape index (κ2) is 12.3. The number of amides is 1. The molecule has 0 saturated heterocycles. The van der Waals surface area contributed by atoms with Crippen LogP contribution in [0.3, 0.4) is 0 Å². The van der Waals surface area contributed by atoms with Crippen LogP contribution in [0.2, 0.25) is 5.02 Å². The molecule has 0 bridgehead atoms. The Morgan fingerprint density at radius 1 is 1.14 bits per heavy atom. The van der Waals surface area contributed by atoms with Gasteiger partial charge in [0, 0.05) is 42.9 Å². The first-order chi connectivity index (χ1) is 20.7. The van der Waals surface area contributed by atoms with Crippen LogP contribution in [0.25, 0.3) is 0 Å². The highest BCUT2D eigenvalue weighted by Crippen LogP contribution is 2.56. The molecule has 3 aliphatic rings. The maximum atomic E-state index is 14.2. The number of Topliss-reactive ketones (excluding diaryl/α,β-unsaturated/α-hetero) is 2. The molecule has 2 aromatic carbocycles. The molecule has 43 heavy (non-hydrogen) atoms. The molecule has 1 aliphatic carbocycles. The third-order valence-corrected chi connectivity index (χ3v) is 8.21. The molecule has 3 unspecified atom stereocenters. The Balaban J connectivity index is 1.59. The zero-order chi connectivity index (χ0) is 30.9. The number of rotatable bonds is 11. The zero-order valence-corrected chi connectivity index (χ0v) is 24.6. The second-order valence-corrected chi connectivity index (χ2v) is 10.7. The van der Waals surface area contributed by atoms with Crippen LogP contribution in [0, 0.1) is 5.92 Å². The van der Waals surface area contributed by atoms with E-state index in [1.807, 2.05) is 0 Å². The minimum atomic E-state index is -2.00. The molecule has 12 nitrogen and oxygen atoms in total. The van der Waals surface area contributed by atoms with Gasteiger partial charge in [-0.15, -0.1) is 0 Å². The summed E-state index contributed by atoms with van der Waals surface area (Å²) in [5.41, 5.74) is -1.64. The van der Waals surface area contributed by atoms with Crippen molar-refractivity contribution in [3.63, 3.8) is 0 Å². The molecule has 0 fully saturated rings. The molecule has 0 saturated carbocycles. The van der Waals surface area contributed by atoms with Gasteiger partial charge in [0.25, 0.3) is 0 Å². The van der Waals surface area contributed by atoms with Gasteiger partial charge in [-0.2, -0.15) is 0 Å². The number of aliphatic hydroxyl groups excluding tert-OH is 2. The number of allylic oxidation sites excluding steroid dienone is 1. The number of methoxy groups -OCH3 is 2. The molecule has 2 aliphatic heterocycles. The first-order valence-corrected chi connectivity index (χ1v) is 14.1. The van der Waals surface area contributed by atoms with Crippen LogP contribution >= 0.6 is 11.6 Å². The number of ether oxygens (including phenoxy) is 6. The van der Waals surface area contributed by atoms with Crippen molar-refractivity contribution in [1.29, 1.82) is 0 Å². The van der Waals surface area contributed by atoms with E-state index in [1.165, 1.54) is 20.3 Å². The highest BCUT2D eigenvalue weighted by Gasteiger charge is 2.61. The maximum Gasteiger partial charge on any atom is 0.231 e. The Hall–Kier alpha value is -4.00. The third-order valence-electron chi connectivity index (χ3n) is 7.85. The van der Waals surface area contributed by atoms with E-state index in [0.29, 0.717) is 17.1 Å². The average molecular weight is 618 g/mol. The fourth-order valence-corrected chi connectivity index (χ4v) is 6.01. The van der Waals surface area contributed by atoms with E-state index < -0.39 is 40.7 Å². The summed E-state index contributed by atoms with van der Waals surface area (Å²) in [6, 6.07) is 6.41. The molecular formula is C30H32ClNO11. The number of carbonyl (C=O) groups is 3. The molecule has 0 radical (unpaired) electrons. The van der Waals surface area contributed by atoms with E-state index in [0.717, 1.165) is 0 Å². The van der Waals surface area contributed by atoms with E-state index >= 15 is 0 Å². The monoisotopic (exact) mass is 617 g/mol. The summed E-state index contributed by atoms with van der Waals surface area (Å²) >= 11 is 6.55. The molecule has 2 aromatic rings. The van der Waals surface area contributed by atoms with Gasteiger partial charge in [0.05, 0.1) is 34.0 Å². The summed E-state index contributed by atoms with van der Waals surface area (Å²) in [5.74, 6) is -2.70. The molecule has 0 aromatic heterocycles. The number of benzene rings is 2. The predicted molar refractivity (Wildman–Crippen MR) is 152 cm³/mol. The average Bonchev–Trinajstić information content (AvgIpc) is 3.59. The topological polar surface area (TPSA) is 159 Å². The predicted octanol–water partition coefficient (Wildman–Crippen LogP) is 3.12. The number of ketones is 2. The fraction of sp³-hybridized carbons (Fsp3) is 0.433. The van der Waals surface area contributed by atoms with Crippen molar-refractivity contribution in [3.8, 4) is 28.7 Å². The number of carbonyl (C=O) groups excluding carboxylic acids is 3. The normalized spacial score (nSPS) is 21.1. The van der Waals surface area contributed by atoms with Crippen LogP contribution in [0.5, 0.6) is 28.7 Å². The molecule has 13 heteroatoms. The van der Waals surface area contributed by atoms with Crippen molar-refractivity contribution in [3.05, 3.63) is 51.7 Å². The van der Waals surface area contributed by atoms with Gasteiger partial charge in [-0.3, -0.25) is 14.4 Å². The Morgan fingerprint density at radius 2 is 1.88 bits per heavy atom. The summed E-state index contributed by atoms with van der Waals surface area (Å²) < 4.78 is 33.2. The molecule has 3 N–H and O–H groups in total. The van der Waals surface area contributed by atoms with E-state index in [9.17, 15) is 19.5 Å². The first kappa shape index (κ1) is 30.5. The van der Waals surface area contributed by atoms with Crippen LogP contribution < -0.4 is 29.0 Å². The number of nitrogens with one attached hydrogen (secondary N) is 1. The standard InChI is InChI=1S/C30H32ClNO11/c1-15-10-18(34)24(28(36)30(15)29(37)25-21(38-2)13-22(39-3)26(31)27(25)43-30)17(12-23(35)32-6-8-40-9-7-33)16-4-5-19-20(11-16)42-14-41-19/h4-5,11,13,15,17,33,36H,6-10,12,14H2,1-3H3,(H,32,35). The summed E-state index contributed by atoms with van der Waals surface area (Å²) in [5, 5.41) is 23.6. The van der Waals surface area contributed by atoms with Gasteiger partial charge in [0.15, 0.2) is 28.8 Å². The number of fused-ring (bicyclic) bond motifs is 2. The van der Waals surface area contributed by atoms with Crippen molar-refractivity contribution < 1.29 is 53.0 Å². The zero-order valence-electron chi connectivity index (χ0n) is 23.9. The van der Waals surface area contributed by atoms with Gasteiger partial charge in [-0.1, -0.05) is 24.6 Å². The summed E-state index contributed by atoms with van der Waals surface area (Å²) in [6.45, 7) is 1.94. The van der Waals surface area contributed by atoms with Crippen molar-refractivity contribution in [1.82, 2.24) is 5.32 Å². The van der Waals surface area contributed by atoms with Crippen molar-refractivity contribution >= 4 is 29.1 Å².